The van der Waals surface area contributed by atoms with Crippen LogP contribution in [0.4, 0.5) is 0 Å². The molecule has 0 spiro atoms. The van der Waals surface area contributed by atoms with Crippen molar-refractivity contribution in [1.82, 2.24) is 0 Å². The topological polar surface area (TPSA) is 141 Å². The smallest absolute Gasteiger partial charge is 0.338 e. The molecule has 0 aliphatic carbocycles. The Morgan fingerprint density at radius 1 is 0.683 bits per heavy atom. The number of methoxy groups -OCH3 is 1. The molecule has 1 saturated heterocycles. The molecule has 0 radical (unpaired) electrons. The lowest BCUT2D eigenvalue weighted by Gasteiger charge is -2.43. The zero-order valence-electron chi connectivity index (χ0n) is 22.2. The van der Waals surface area contributed by atoms with Crippen molar-refractivity contribution in [2.75, 3.05) is 20.0 Å². The summed E-state index contributed by atoms with van der Waals surface area (Å²) in [5.74, 6) is -2.37. The molecule has 1 fully saturated rings. The van der Waals surface area contributed by atoms with E-state index in [0.29, 0.717) is 0 Å². The first kappa shape index (κ1) is 29.9. The van der Waals surface area contributed by atoms with Gasteiger partial charge in [-0.05, 0) is 36.4 Å². The molecular weight excluding hydrogens is 556 g/mol. The molecule has 0 aromatic heterocycles. The zero-order chi connectivity index (χ0) is 29.4. The summed E-state index contributed by atoms with van der Waals surface area (Å²) >= 11 is 0. The predicted molar refractivity (Wildman–Crippen MR) is 143 cm³/mol. The number of ether oxygens (including phenoxy) is 5. The van der Waals surface area contributed by atoms with E-state index in [1.165, 1.54) is 43.5 Å². The van der Waals surface area contributed by atoms with Gasteiger partial charge < -0.3 is 23.7 Å². The molecule has 1 heterocycles. The Morgan fingerprint density at radius 2 is 1.12 bits per heavy atom. The van der Waals surface area contributed by atoms with Crippen LogP contribution in [-0.4, -0.2) is 77.0 Å². The van der Waals surface area contributed by atoms with Gasteiger partial charge in [0, 0.05) is 7.11 Å². The molecule has 3 aromatic carbocycles. The van der Waals surface area contributed by atoms with Crippen molar-refractivity contribution in [1.29, 1.82) is 0 Å². The Hall–Kier alpha value is -4.10. The van der Waals surface area contributed by atoms with E-state index in [-0.39, 0.29) is 16.7 Å². The highest BCUT2D eigenvalue weighted by atomic mass is 32.2. The van der Waals surface area contributed by atoms with E-state index in [4.69, 9.17) is 27.9 Å². The molecule has 1 aliphatic rings. The first-order valence-corrected chi connectivity index (χ1v) is 14.3. The number of rotatable bonds is 10. The van der Waals surface area contributed by atoms with Gasteiger partial charge in [-0.1, -0.05) is 54.6 Å². The van der Waals surface area contributed by atoms with Crippen LogP contribution in [0.1, 0.15) is 31.1 Å². The lowest BCUT2D eigenvalue weighted by atomic mass is 9.98. The first-order chi connectivity index (χ1) is 19.7. The van der Waals surface area contributed by atoms with Gasteiger partial charge in [0.05, 0.1) is 22.9 Å². The van der Waals surface area contributed by atoms with Crippen molar-refractivity contribution < 1.29 is 50.7 Å². The van der Waals surface area contributed by atoms with Crippen LogP contribution in [0.5, 0.6) is 0 Å². The molecule has 5 unspecified atom stereocenters. The number of hydrogen-bond acceptors (Lipinski definition) is 11. The fourth-order valence-electron chi connectivity index (χ4n) is 4.13. The van der Waals surface area contributed by atoms with Crippen LogP contribution in [0.15, 0.2) is 91.0 Å². The van der Waals surface area contributed by atoms with Gasteiger partial charge in [-0.25, -0.2) is 14.4 Å². The average Bonchev–Trinajstić information content (AvgIpc) is 2.98. The summed E-state index contributed by atoms with van der Waals surface area (Å²) < 4.78 is 58.1. The summed E-state index contributed by atoms with van der Waals surface area (Å²) in [5.41, 5.74) is 0.565. The summed E-state index contributed by atoms with van der Waals surface area (Å²) in [6, 6.07) is 24.0. The van der Waals surface area contributed by atoms with E-state index in [2.05, 4.69) is 0 Å². The monoisotopic (exact) mass is 584 g/mol. The maximum absolute atomic E-state index is 13.1. The van der Waals surface area contributed by atoms with Gasteiger partial charge in [-0.2, -0.15) is 8.42 Å². The van der Waals surface area contributed by atoms with Crippen LogP contribution in [0.2, 0.25) is 0 Å². The minimum Gasteiger partial charge on any atom is -0.459 e. The normalized spacial score (nSPS) is 22.3. The van der Waals surface area contributed by atoms with Gasteiger partial charge in [0.1, 0.15) is 18.8 Å². The van der Waals surface area contributed by atoms with Gasteiger partial charge in [-0.3, -0.25) is 4.18 Å². The minimum absolute atomic E-state index is 0.145. The summed E-state index contributed by atoms with van der Waals surface area (Å²) in [6.45, 7) is -0.507. The van der Waals surface area contributed by atoms with Crippen molar-refractivity contribution in [2.45, 2.75) is 30.7 Å². The van der Waals surface area contributed by atoms with Crippen molar-refractivity contribution in [3.8, 4) is 0 Å². The fourth-order valence-corrected chi connectivity index (χ4v) is 4.76. The third-order valence-corrected chi connectivity index (χ3v) is 6.57. The van der Waals surface area contributed by atoms with Crippen LogP contribution in [0, 0.1) is 0 Å². The second-order valence-electron chi connectivity index (χ2n) is 8.98. The zero-order valence-corrected chi connectivity index (χ0v) is 23.0. The average molecular weight is 585 g/mol. The summed E-state index contributed by atoms with van der Waals surface area (Å²) in [4.78, 5) is 38.8. The maximum Gasteiger partial charge on any atom is 0.338 e. The molecular formula is C29H28O11S. The number of esters is 3. The standard InChI is InChI=1S/C29H28O11S/c1-35-29-25(39-28(32)21-16-10-5-11-17-21)24(38-27(31)20-14-8-4-9-15-20)23(40-41(2,33)34)22(37-29)18-36-26(30)19-12-6-3-7-13-19/h3-17,22-25,29H,18H2,1-2H3. The molecule has 3 aromatic rings. The lowest BCUT2D eigenvalue weighted by Crippen LogP contribution is -2.62. The van der Waals surface area contributed by atoms with Crippen LogP contribution >= 0.6 is 0 Å². The molecule has 1 aliphatic heterocycles. The highest BCUT2D eigenvalue weighted by Crippen LogP contribution is 2.31. The number of carbonyl (C=O) groups is 3. The molecule has 12 heteroatoms. The second kappa shape index (κ2) is 13.5. The van der Waals surface area contributed by atoms with Crippen molar-refractivity contribution in [2.24, 2.45) is 0 Å². The molecule has 11 nitrogen and oxygen atoms in total. The summed E-state index contributed by atoms with van der Waals surface area (Å²) in [6.07, 6.45) is -6.53. The van der Waals surface area contributed by atoms with E-state index < -0.39 is 65.3 Å². The third kappa shape index (κ3) is 7.98. The number of carbonyl (C=O) groups excluding carboxylic acids is 3. The van der Waals surface area contributed by atoms with Gasteiger partial charge >= 0.3 is 17.9 Å². The van der Waals surface area contributed by atoms with E-state index in [1.807, 2.05) is 0 Å². The molecule has 5 atom stereocenters. The quantitative estimate of drug-likeness (QED) is 0.197. The Kier molecular flexibility index (Phi) is 9.84. The van der Waals surface area contributed by atoms with Gasteiger partial charge in [-0.15, -0.1) is 0 Å². The SMILES string of the molecule is COC1OC(COC(=O)c2ccccc2)C(OS(C)(=O)=O)C(OC(=O)c2ccccc2)C1OC(=O)c1ccccc1. The van der Waals surface area contributed by atoms with E-state index in [1.54, 1.807) is 54.6 Å². The number of hydrogen-bond donors (Lipinski definition) is 0. The number of benzene rings is 3. The van der Waals surface area contributed by atoms with E-state index in [0.717, 1.165) is 6.26 Å². The van der Waals surface area contributed by atoms with Gasteiger partial charge in [0.2, 0.25) is 0 Å². The highest BCUT2D eigenvalue weighted by molar-refractivity contribution is 7.86. The van der Waals surface area contributed by atoms with E-state index in [9.17, 15) is 22.8 Å². The van der Waals surface area contributed by atoms with Crippen molar-refractivity contribution in [3.63, 3.8) is 0 Å². The summed E-state index contributed by atoms with van der Waals surface area (Å²) in [5, 5.41) is 0. The Labute approximate surface area is 237 Å². The molecule has 0 N–H and O–H groups in total. The third-order valence-electron chi connectivity index (χ3n) is 6.00. The highest BCUT2D eigenvalue weighted by Gasteiger charge is 2.53. The molecule has 0 saturated carbocycles. The second-order valence-corrected chi connectivity index (χ2v) is 10.6. The fraction of sp³-hybridized carbons (Fsp3) is 0.276. The van der Waals surface area contributed by atoms with Gasteiger partial charge in [0.25, 0.3) is 10.1 Å². The molecule has 0 bridgehead atoms. The maximum atomic E-state index is 13.1. The van der Waals surface area contributed by atoms with Crippen molar-refractivity contribution in [3.05, 3.63) is 108 Å². The van der Waals surface area contributed by atoms with Gasteiger partial charge in [0.15, 0.2) is 18.5 Å². The molecule has 4 rings (SSSR count). The Bertz CT molecular complexity index is 1430. The molecule has 41 heavy (non-hydrogen) atoms. The molecule has 216 valence electrons. The van der Waals surface area contributed by atoms with Crippen LogP contribution in [0.3, 0.4) is 0 Å². The van der Waals surface area contributed by atoms with E-state index >= 15 is 0 Å². The Balaban J connectivity index is 1.68. The first-order valence-electron chi connectivity index (χ1n) is 12.5. The molecule has 0 amide bonds. The Morgan fingerprint density at radius 3 is 1.56 bits per heavy atom. The van der Waals surface area contributed by atoms with Crippen LogP contribution in [-0.2, 0) is 38.0 Å². The summed E-state index contributed by atoms with van der Waals surface area (Å²) in [7, 11) is -2.94. The predicted octanol–water partition coefficient (Wildman–Crippen LogP) is 3.01. The van der Waals surface area contributed by atoms with Crippen LogP contribution < -0.4 is 0 Å². The lowest BCUT2D eigenvalue weighted by molar-refractivity contribution is -0.287. The largest absolute Gasteiger partial charge is 0.459 e. The van der Waals surface area contributed by atoms with Crippen LogP contribution in [0.25, 0.3) is 0 Å². The van der Waals surface area contributed by atoms with Crippen molar-refractivity contribution >= 4 is 28.0 Å². The minimum atomic E-state index is -4.20.